The van der Waals surface area contributed by atoms with E-state index in [0.29, 0.717) is 12.6 Å². The summed E-state index contributed by atoms with van der Waals surface area (Å²) in [5.74, 6) is 0.0492. The number of halogens is 1. The molecule has 22 heavy (non-hydrogen) atoms. The van der Waals surface area contributed by atoms with E-state index in [-0.39, 0.29) is 23.7 Å². The van der Waals surface area contributed by atoms with Crippen LogP contribution in [0.25, 0.3) is 0 Å². The van der Waals surface area contributed by atoms with Gasteiger partial charge in [-0.15, -0.1) is 12.4 Å². The Morgan fingerprint density at radius 3 is 2.41 bits per heavy atom. The van der Waals surface area contributed by atoms with Gasteiger partial charge in [0.2, 0.25) is 0 Å². The molecule has 0 aliphatic carbocycles. The molecule has 1 unspecified atom stereocenters. The fraction of sp³-hybridized carbons (Fsp3) is 0.611. The molecule has 1 atom stereocenters. The predicted molar refractivity (Wildman–Crippen MR) is 95.0 cm³/mol. The molecule has 1 amide bonds. The molecule has 0 aromatic heterocycles. The first kappa shape index (κ1) is 19.0. The number of aryl methyl sites for hydroxylation is 3. The van der Waals surface area contributed by atoms with Gasteiger partial charge in [0.15, 0.2) is 0 Å². The van der Waals surface area contributed by atoms with Gasteiger partial charge in [0.05, 0.1) is 0 Å². The average Bonchev–Trinajstić information content (AvgIpc) is 2.35. The first-order valence-electron chi connectivity index (χ1n) is 7.91. The quantitative estimate of drug-likeness (QED) is 0.893. The number of hydrogen-bond donors (Lipinski definition) is 2. The van der Waals surface area contributed by atoms with Crippen molar-refractivity contribution < 1.29 is 4.79 Å². The number of nitrogens with one attached hydrogen (secondary N) is 2. The minimum Gasteiger partial charge on any atom is -0.350 e. The van der Waals surface area contributed by atoms with Gasteiger partial charge in [-0.2, -0.15) is 0 Å². The summed E-state index contributed by atoms with van der Waals surface area (Å²) in [6, 6.07) is 4.50. The zero-order chi connectivity index (χ0) is 15.6. The fourth-order valence-corrected chi connectivity index (χ4v) is 3.44. The molecule has 1 saturated heterocycles. The summed E-state index contributed by atoms with van der Waals surface area (Å²) in [6.45, 7) is 12.4. The third-order valence-electron chi connectivity index (χ3n) is 4.70. The van der Waals surface area contributed by atoms with Crippen LogP contribution in [0.3, 0.4) is 0 Å². The highest BCUT2D eigenvalue weighted by molar-refractivity contribution is 5.97. The van der Waals surface area contributed by atoms with Gasteiger partial charge in [-0.3, -0.25) is 4.79 Å². The Labute approximate surface area is 140 Å². The molecule has 4 heteroatoms. The minimum absolute atomic E-state index is 0. The molecular weight excluding hydrogens is 296 g/mol. The van der Waals surface area contributed by atoms with Crippen LogP contribution in [-0.4, -0.2) is 25.0 Å². The number of carbonyl (C=O) groups is 1. The highest BCUT2D eigenvalue weighted by Crippen LogP contribution is 2.29. The molecule has 0 radical (unpaired) electrons. The Morgan fingerprint density at radius 2 is 1.86 bits per heavy atom. The summed E-state index contributed by atoms with van der Waals surface area (Å²) in [4.78, 5) is 12.5. The molecule has 1 aliphatic rings. The number of rotatable bonds is 3. The molecule has 0 saturated carbocycles. The SMILES string of the molecule is Cc1cc(C)c(C(=O)NCC2NCCCC2(C)C)c(C)c1.Cl. The van der Waals surface area contributed by atoms with E-state index in [0.717, 1.165) is 23.2 Å². The molecule has 1 heterocycles. The van der Waals surface area contributed by atoms with Gasteiger partial charge < -0.3 is 10.6 Å². The molecule has 0 bridgehead atoms. The van der Waals surface area contributed by atoms with Crippen LogP contribution in [0, 0.1) is 26.2 Å². The molecule has 0 spiro atoms. The summed E-state index contributed by atoms with van der Waals surface area (Å²) in [7, 11) is 0. The number of piperidine rings is 1. The van der Waals surface area contributed by atoms with Crippen molar-refractivity contribution >= 4 is 18.3 Å². The summed E-state index contributed by atoms with van der Waals surface area (Å²) in [5.41, 5.74) is 4.38. The maximum Gasteiger partial charge on any atom is 0.251 e. The van der Waals surface area contributed by atoms with Gasteiger partial charge in [0, 0.05) is 18.2 Å². The maximum absolute atomic E-state index is 12.5. The molecule has 1 aromatic rings. The van der Waals surface area contributed by atoms with E-state index < -0.39 is 0 Å². The summed E-state index contributed by atoms with van der Waals surface area (Å²) in [6.07, 6.45) is 2.43. The maximum atomic E-state index is 12.5. The molecule has 2 N–H and O–H groups in total. The lowest BCUT2D eigenvalue weighted by Crippen LogP contribution is -2.52. The van der Waals surface area contributed by atoms with Crippen molar-refractivity contribution in [3.8, 4) is 0 Å². The Hall–Kier alpha value is -1.06. The van der Waals surface area contributed by atoms with Gasteiger partial charge in [0.25, 0.3) is 5.91 Å². The van der Waals surface area contributed by atoms with E-state index in [9.17, 15) is 4.79 Å². The lowest BCUT2D eigenvalue weighted by Gasteiger charge is -2.39. The van der Waals surface area contributed by atoms with E-state index in [1.165, 1.54) is 18.4 Å². The van der Waals surface area contributed by atoms with Crippen LogP contribution < -0.4 is 10.6 Å². The summed E-state index contributed by atoms with van der Waals surface area (Å²) >= 11 is 0. The second kappa shape index (κ2) is 7.47. The summed E-state index contributed by atoms with van der Waals surface area (Å²) in [5, 5.41) is 6.66. The van der Waals surface area contributed by atoms with Crippen LogP contribution in [0.4, 0.5) is 0 Å². The van der Waals surface area contributed by atoms with Crippen LogP contribution in [0.2, 0.25) is 0 Å². The van der Waals surface area contributed by atoms with E-state index in [4.69, 9.17) is 0 Å². The summed E-state index contributed by atoms with van der Waals surface area (Å²) < 4.78 is 0. The van der Waals surface area contributed by atoms with Gasteiger partial charge in [-0.05, 0) is 56.7 Å². The Kier molecular flexibility index (Phi) is 6.45. The zero-order valence-electron chi connectivity index (χ0n) is 14.4. The van der Waals surface area contributed by atoms with Crippen LogP contribution in [0.5, 0.6) is 0 Å². The first-order valence-corrected chi connectivity index (χ1v) is 7.91. The van der Waals surface area contributed by atoms with E-state index >= 15 is 0 Å². The van der Waals surface area contributed by atoms with Crippen molar-refractivity contribution in [3.05, 3.63) is 34.4 Å². The Balaban J connectivity index is 0.00000242. The molecule has 124 valence electrons. The van der Waals surface area contributed by atoms with Crippen molar-refractivity contribution in [2.75, 3.05) is 13.1 Å². The second-order valence-electron chi connectivity index (χ2n) is 7.08. The first-order chi connectivity index (χ1) is 9.81. The van der Waals surface area contributed by atoms with Crippen molar-refractivity contribution in [2.24, 2.45) is 5.41 Å². The standard InChI is InChI=1S/C18H28N2O.ClH/c1-12-9-13(2)16(14(3)10-12)17(21)20-11-15-18(4,5)7-6-8-19-15;/h9-10,15,19H,6-8,11H2,1-5H3,(H,20,21);1H. The van der Waals surface area contributed by atoms with E-state index in [1.54, 1.807) is 0 Å². The average molecular weight is 325 g/mol. The highest BCUT2D eigenvalue weighted by Gasteiger charge is 2.32. The fourth-order valence-electron chi connectivity index (χ4n) is 3.44. The normalized spacial score (nSPS) is 20.1. The zero-order valence-corrected chi connectivity index (χ0v) is 15.2. The van der Waals surface area contributed by atoms with Crippen molar-refractivity contribution in [1.29, 1.82) is 0 Å². The molecule has 1 fully saturated rings. The monoisotopic (exact) mass is 324 g/mol. The Bertz CT molecular complexity index is 517. The molecule has 1 aliphatic heterocycles. The lowest BCUT2D eigenvalue weighted by molar-refractivity contribution is 0.0927. The lowest BCUT2D eigenvalue weighted by atomic mass is 9.77. The van der Waals surface area contributed by atoms with Crippen molar-refractivity contribution in [3.63, 3.8) is 0 Å². The second-order valence-corrected chi connectivity index (χ2v) is 7.08. The van der Waals surface area contributed by atoms with Gasteiger partial charge in [0.1, 0.15) is 0 Å². The van der Waals surface area contributed by atoms with Crippen LogP contribution in [-0.2, 0) is 0 Å². The molecule has 3 nitrogen and oxygen atoms in total. The number of benzene rings is 1. The number of hydrogen-bond acceptors (Lipinski definition) is 2. The van der Waals surface area contributed by atoms with Gasteiger partial charge >= 0.3 is 0 Å². The third-order valence-corrected chi connectivity index (χ3v) is 4.70. The van der Waals surface area contributed by atoms with E-state index in [2.05, 4.69) is 43.5 Å². The Morgan fingerprint density at radius 1 is 1.27 bits per heavy atom. The topological polar surface area (TPSA) is 41.1 Å². The number of carbonyl (C=O) groups excluding carboxylic acids is 1. The minimum atomic E-state index is 0. The third kappa shape index (κ3) is 4.23. The predicted octanol–water partition coefficient (Wildman–Crippen LogP) is 3.54. The molecule has 1 aromatic carbocycles. The largest absolute Gasteiger partial charge is 0.350 e. The molecular formula is C18H29ClN2O. The van der Waals surface area contributed by atoms with Gasteiger partial charge in [-0.1, -0.05) is 31.5 Å². The van der Waals surface area contributed by atoms with Gasteiger partial charge in [-0.25, -0.2) is 0 Å². The van der Waals surface area contributed by atoms with E-state index in [1.807, 2.05) is 13.8 Å². The van der Waals surface area contributed by atoms with Crippen molar-refractivity contribution in [1.82, 2.24) is 10.6 Å². The number of amides is 1. The smallest absolute Gasteiger partial charge is 0.251 e. The van der Waals surface area contributed by atoms with Crippen LogP contribution in [0.1, 0.15) is 53.7 Å². The van der Waals surface area contributed by atoms with Crippen LogP contribution >= 0.6 is 12.4 Å². The van der Waals surface area contributed by atoms with Crippen LogP contribution in [0.15, 0.2) is 12.1 Å². The highest BCUT2D eigenvalue weighted by atomic mass is 35.5. The molecule has 2 rings (SSSR count). The van der Waals surface area contributed by atoms with Crippen molar-refractivity contribution in [2.45, 2.75) is 53.5 Å².